The molecular formula is C34H52FN5O7. The van der Waals surface area contributed by atoms with E-state index >= 15 is 0 Å². The van der Waals surface area contributed by atoms with Crippen LogP contribution in [0.5, 0.6) is 0 Å². The molecule has 1 aromatic rings. The van der Waals surface area contributed by atoms with E-state index in [2.05, 4.69) is 30.4 Å². The van der Waals surface area contributed by atoms with E-state index in [-0.39, 0.29) is 48.0 Å². The molecule has 5 amide bonds. The van der Waals surface area contributed by atoms with E-state index in [4.69, 9.17) is 9.47 Å². The molecule has 4 rings (SSSR count). The van der Waals surface area contributed by atoms with Crippen LogP contribution in [0.25, 0.3) is 0 Å². The summed E-state index contributed by atoms with van der Waals surface area (Å²) in [6.45, 7) is 17.9. The van der Waals surface area contributed by atoms with Gasteiger partial charge in [-0.3, -0.25) is 19.3 Å². The van der Waals surface area contributed by atoms with E-state index in [0.29, 0.717) is 17.5 Å². The first kappa shape index (κ1) is 36.8. The van der Waals surface area contributed by atoms with Gasteiger partial charge in [-0.15, -0.1) is 6.58 Å². The molecule has 1 saturated carbocycles. The van der Waals surface area contributed by atoms with Crippen LogP contribution in [0, 0.1) is 11.7 Å². The number of hydrogen-bond donors (Lipinski definition) is 2. The fourth-order valence-corrected chi connectivity index (χ4v) is 5.50. The third kappa shape index (κ3) is 9.20. The summed E-state index contributed by atoms with van der Waals surface area (Å²) in [5.41, 5.74) is 0.541. The van der Waals surface area contributed by atoms with E-state index in [1.807, 2.05) is 6.92 Å². The van der Waals surface area contributed by atoms with Gasteiger partial charge >= 0.3 is 12.2 Å². The molecule has 3 aliphatic rings. The van der Waals surface area contributed by atoms with Crippen molar-refractivity contribution in [2.24, 2.45) is 5.92 Å². The molecule has 2 N–H and O–H groups in total. The summed E-state index contributed by atoms with van der Waals surface area (Å²) in [5.74, 6) is -1.35. The molecule has 1 aromatic carbocycles. The van der Waals surface area contributed by atoms with Crippen LogP contribution in [0.3, 0.4) is 0 Å². The number of rotatable bonds is 8. The minimum Gasteiger partial charge on any atom is -0.444 e. The summed E-state index contributed by atoms with van der Waals surface area (Å²) in [5, 5.41) is 5.45. The van der Waals surface area contributed by atoms with Gasteiger partial charge in [-0.1, -0.05) is 36.9 Å². The number of nitrogens with zero attached hydrogens (tertiary/aromatic N) is 3. The third-order valence-electron chi connectivity index (χ3n) is 8.14. The molecule has 4 atom stereocenters. The minimum atomic E-state index is -0.943. The second-order valence-electron chi connectivity index (χ2n) is 13.1. The molecule has 12 nitrogen and oxygen atoms in total. The number of carbonyl (C=O) groups excluding carboxylic acids is 5. The first-order valence-corrected chi connectivity index (χ1v) is 15.3. The second kappa shape index (κ2) is 14.8. The molecule has 1 unspecified atom stereocenters. The molecule has 1 saturated heterocycles. The molecule has 1 aliphatic carbocycles. The Labute approximate surface area is 280 Å². The molecule has 0 aromatic heterocycles. The summed E-state index contributed by atoms with van der Waals surface area (Å²) < 4.78 is 25.1. The molecule has 47 heavy (non-hydrogen) atoms. The zero-order valence-electron chi connectivity index (χ0n) is 28.1. The summed E-state index contributed by atoms with van der Waals surface area (Å²) >= 11 is 0. The van der Waals surface area contributed by atoms with Crippen molar-refractivity contribution in [1.82, 2.24) is 25.3 Å². The van der Waals surface area contributed by atoms with Crippen molar-refractivity contribution in [3.63, 3.8) is 0 Å². The van der Waals surface area contributed by atoms with Crippen LogP contribution in [0.15, 0.2) is 55.7 Å². The molecule has 2 fully saturated rings. The smallest absolute Gasteiger partial charge is 0.410 e. The Bertz CT molecular complexity index is 1450. The molecular weight excluding hydrogens is 609 g/mol. The van der Waals surface area contributed by atoms with Crippen LogP contribution in [0.4, 0.5) is 14.0 Å². The Morgan fingerprint density at radius 2 is 1.85 bits per heavy atom. The largest absolute Gasteiger partial charge is 0.444 e. The van der Waals surface area contributed by atoms with Crippen LogP contribution < -0.4 is 10.6 Å². The lowest BCUT2D eigenvalue weighted by Gasteiger charge is -2.27. The number of carbonyl (C=O) groups is 5. The highest BCUT2D eigenvalue weighted by molar-refractivity contribution is 5.91. The van der Waals surface area contributed by atoms with Gasteiger partial charge in [0.25, 0.3) is 0 Å². The maximum absolute atomic E-state index is 14.2. The molecule has 2 aliphatic heterocycles. The first-order chi connectivity index (χ1) is 21.9. The van der Waals surface area contributed by atoms with Gasteiger partial charge in [0, 0.05) is 42.8 Å². The van der Waals surface area contributed by atoms with Gasteiger partial charge in [-0.05, 0) is 51.8 Å². The fourth-order valence-electron chi connectivity index (χ4n) is 5.50. The first-order valence-electron chi connectivity index (χ1n) is 15.3. The third-order valence-corrected chi connectivity index (χ3v) is 8.14. The number of halogens is 1. The number of hydrogen-bond acceptors (Lipinski definition) is 7. The number of likely N-dealkylation sites (N-methyl/N-ethyl adjacent to an activating group) is 1. The van der Waals surface area contributed by atoms with Gasteiger partial charge in [-0.2, -0.15) is 0 Å². The summed E-state index contributed by atoms with van der Waals surface area (Å²) in [7, 11) is 3.37. The number of fused-ring (bicyclic) bond motifs is 1. The van der Waals surface area contributed by atoms with Crippen LogP contribution in [0.1, 0.15) is 55.9 Å². The summed E-state index contributed by atoms with van der Waals surface area (Å²) in [4.78, 5) is 66.2. The average Bonchev–Trinajstić information content (AvgIpc) is 3.30. The van der Waals surface area contributed by atoms with Crippen molar-refractivity contribution in [3.05, 3.63) is 72.6 Å². The van der Waals surface area contributed by atoms with Crippen LogP contribution >= 0.6 is 0 Å². The second-order valence-corrected chi connectivity index (χ2v) is 13.1. The van der Waals surface area contributed by atoms with Gasteiger partial charge < -0.3 is 29.9 Å². The maximum Gasteiger partial charge on any atom is 0.410 e. The SMILES string of the molecule is C=CC(=O)N(C)C.C=C[C@@H]1C[C@]1(NC(=O)C1C[C@@H](OC(=O)N2Cc3cccc(F)c3C2)CN1C(=O)CNC(=O)OC(C)(C)C)C(=C)C.[HH].[HH].[HH]. The van der Waals surface area contributed by atoms with Gasteiger partial charge in [0.1, 0.15) is 30.1 Å². The molecule has 0 bridgehead atoms. The zero-order valence-corrected chi connectivity index (χ0v) is 28.1. The number of nitrogens with one attached hydrogen (secondary N) is 2. The zero-order chi connectivity index (χ0) is 35.3. The average molecular weight is 662 g/mol. The van der Waals surface area contributed by atoms with Gasteiger partial charge in [-0.25, -0.2) is 14.0 Å². The van der Waals surface area contributed by atoms with E-state index in [0.717, 1.165) is 5.57 Å². The van der Waals surface area contributed by atoms with Crippen LogP contribution in [0.2, 0.25) is 0 Å². The Morgan fingerprint density at radius 3 is 2.36 bits per heavy atom. The van der Waals surface area contributed by atoms with Crippen molar-refractivity contribution < 1.29 is 42.1 Å². The Balaban J connectivity index is 0.00000218. The summed E-state index contributed by atoms with van der Waals surface area (Å²) in [6.07, 6.45) is 1.56. The highest BCUT2D eigenvalue weighted by atomic mass is 19.1. The maximum atomic E-state index is 14.2. The number of likely N-dealkylation sites (tertiary alicyclic amines) is 1. The van der Waals surface area contributed by atoms with E-state index < -0.39 is 53.8 Å². The fraction of sp³-hybridized carbons (Fsp3) is 0.500. The predicted molar refractivity (Wildman–Crippen MR) is 179 cm³/mol. The van der Waals surface area contributed by atoms with E-state index in [1.54, 1.807) is 53.1 Å². The quantitative estimate of drug-likeness (QED) is 0.311. The molecule has 0 spiro atoms. The van der Waals surface area contributed by atoms with Crippen molar-refractivity contribution in [2.45, 2.75) is 76.9 Å². The monoisotopic (exact) mass is 661 g/mol. The molecule has 262 valence electrons. The lowest BCUT2D eigenvalue weighted by molar-refractivity contribution is -0.138. The topological polar surface area (TPSA) is 138 Å². The number of alkyl carbamates (subject to hydrolysis) is 1. The van der Waals surface area contributed by atoms with E-state index in [1.165, 1.54) is 26.8 Å². The van der Waals surface area contributed by atoms with Gasteiger partial charge in [0.2, 0.25) is 17.7 Å². The van der Waals surface area contributed by atoms with Crippen molar-refractivity contribution in [3.8, 4) is 0 Å². The summed E-state index contributed by atoms with van der Waals surface area (Å²) in [6, 6.07) is 3.75. The van der Waals surface area contributed by atoms with Crippen LogP contribution in [-0.4, -0.2) is 95.1 Å². The Kier molecular flexibility index (Phi) is 11.6. The molecule has 13 heteroatoms. The highest BCUT2D eigenvalue weighted by Gasteiger charge is 2.55. The highest BCUT2D eigenvalue weighted by Crippen LogP contribution is 2.49. The number of amides is 5. The van der Waals surface area contributed by atoms with Crippen LogP contribution in [-0.2, 0) is 36.9 Å². The number of ether oxygens (including phenoxy) is 2. The van der Waals surface area contributed by atoms with Gasteiger partial charge in [0.05, 0.1) is 18.6 Å². The van der Waals surface area contributed by atoms with Crippen molar-refractivity contribution >= 4 is 29.9 Å². The Hall–Kier alpha value is -4.68. The predicted octanol–water partition coefficient (Wildman–Crippen LogP) is 4.41. The minimum absolute atomic E-state index is 0. The number of benzene rings is 1. The van der Waals surface area contributed by atoms with Crippen molar-refractivity contribution in [2.75, 3.05) is 27.2 Å². The molecule has 2 heterocycles. The van der Waals surface area contributed by atoms with Gasteiger partial charge in [0.15, 0.2) is 0 Å². The lowest BCUT2D eigenvalue weighted by Crippen LogP contribution is -2.52. The van der Waals surface area contributed by atoms with Crippen molar-refractivity contribution in [1.29, 1.82) is 0 Å². The Morgan fingerprint density at radius 1 is 1.17 bits per heavy atom. The van der Waals surface area contributed by atoms with E-state index in [9.17, 15) is 28.4 Å². The molecule has 0 radical (unpaired) electrons. The normalized spacial score (nSPS) is 22.5. The standard InChI is InChI=1S/C29H37FN4O6.C5H9NO.3H2/c1-7-19-12-29(19,17(2)3)32-25(36)23-11-20(15-34(23)24(35)13-31-26(37)40-28(4,5)6)39-27(38)33-14-18-9-8-10-22(30)21(18)16-33;1-4-5(7)6(2)3;;;/h7-10,19-20,23H,1-2,11-16H2,3-6H3,(H,31,37)(H,32,36);4H,1H2,2-3H3;3*1H/t19-,20-,23?,29+;;;;/m1..../s1. The lowest BCUT2D eigenvalue weighted by atomic mass is 10.0.